The predicted molar refractivity (Wildman–Crippen MR) is 72.8 cm³/mol. The molecular weight excluding hydrogens is 228 g/mol. The molecule has 18 heavy (non-hydrogen) atoms. The molecule has 0 aromatic rings. The molecule has 0 bridgehead atoms. The molecule has 2 fully saturated rings. The maximum absolute atomic E-state index is 10.4. The Morgan fingerprint density at radius 2 is 1.89 bits per heavy atom. The summed E-state index contributed by atoms with van der Waals surface area (Å²) in [5.74, 6) is 0. The summed E-state index contributed by atoms with van der Waals surface area (Å²) < 4.78 is 5.35. The number of aliphatic hydroxyl groups is 1. The number of morpholine rings is 1. The van der Waals surface area contributed by atoms with Crippen molar-refractivity contribution in [3.63, 3.8) is 0 Å². The fourth-order valence-electron chi connectivity index (χ4n) is 2.99. The normalized spacial score (nSPS) is 27.0. The van der Waals surface area contributed by atoms with E-state index in [0.29, 0.717) is 6.04 Å². The van der Waals surface area contributed by atoms with Gasteiger partial charge in [-0.1, -0.05) is 19.3 Å². The van der Waals surface area contributed by atoms with Crippen LogP contribution in [0.1, 0.15) is 39.0 Å². The van der Waals surface area contributed by atoms with Gasteiger partial charge in [-0.3, -0.25) is 4.90 Å². The van der Waals surface area contributed by atoms with Crippen molar-refractivity contribution >= 4 is 0 Å². The summed E-state index contributed by atoms with van der Waals surface area (Å²) in [6.07, 6.45) is 5.56. The summed E-state index contributed by atoms with van der Waals surface area (Å²) in [6, 6.07) is 0.439. The van der Waals surface area contributed by atoms with Gasteiger partial charge in [0.2, 0.25) is 0 Å². The summed E-state index contributed by atoms with van der Waals surface area (Å²) in [4.78, 5) is 2.44. The standard InChI is InChI=1S/C14H28N2O2/c1-13(11-16-7-9-18-10-8-16)15-12-14(17)5-3-2-4-6-14/h13,15,17H,2-12H2,1H3. The monoisotopic (exact) mass is 256 g/mol. The van der Waals surface area contributed by atoms with Gasteiger partial charge in [0.15, 0.2) is 0 Å². The van der Waals surface area contributed by atoms with Crippen molar-refractivity contribution in [2.45, 2.75) is 50.7 Å². The SMILES string of the molecule is CC(CN1CCOCC1)NCC1(O)CCCCC1. The van der Waals surface area contributed by atoms with Gasteiger partial charge in [-0.2, -0.15) is 0 Å². The molecule has 106 valence electrons. The van der Waals surface area contributed by atoms with Gasteiger partial charge < -0.3 is 15.2 Å². The first-order valence-electron chi connectivity index (χ1n) is 7.44. The van der Waals surface area contributed by atoms with Crippen LogP contribution in [0.15, 0.2) is 0 Å². The Bertz CT molecular complexity index is 236. The van der Waals surface area contributed by atoms with E-state index in [0.717, 1.165) is 52.2 Å². The average molecular weight is 256 g/mol. The zero-order valence-electron chi connectivity index (χ0n) is 11.7. The lowest BCUT2D eigenvalue weighted by Crippen LogP contribution is -2.49. The zero-order chi connectivity index (χ0) is 12.8. The summed E-state index contributed by atoms with van der Waals surface area (Å²) in [5.41, 5.74) is -0.447. The van der Waals surface area contributed by atoms with Crippen molar-refractivity contribution < 1.29 is 9.84 Å². The highest BCUT2D eigenvalue weighted by Gasteiger charge is 2.29. The van der Waals surface area contributed by atoms with E-state index in [1.54, 1.807) is 0 Å². The van der Waals surface area contributed by atoms with Gasteiger partial charge in [0.1, 0.15) is 0 Å². The number of nitrogens with zero attached hydrogens (tertiary/aromatic N) is 1. The first-order chi connectivity index (χ1) is 8.68. The molecule has 4 nitrogen and oxygen atoms in total. The summed E-state index contributed by atoms with van der Waals surface area (Å²) in [5, 5.41) is 13.9. The third-order valence-electron chi connectivity index (χ3n) is 4.20. The summed E-state index contributed by atoms with van der Waals surface area (Å²) in [7, 11) is 0. The van der Waals surface area contributed by atoms with Crippen LogP contribution in [-0.2, 0) is 4.74 Å². The van der Waals surface area contributed by atoms with Crippen LogP contribution in [0.5, 0.6) is 0 Å². The second-order valence-corrected chi connectivity index (χ2v) is 5.98. The number of ether oxygens (including phenoxy) is 1. The van der Waals surface area contributed by atoms with Crippen LogP contribution in [0.4, 0.5) is 0 Å². The molecule has 2 N–H and O–H groups in total. The molecule has 2 rings (SSSR count). The lowest BCUT2D eigenvalue weighted by atomic mass is 9.85. The third-order valence-corrected chi connectivity index (χ3v) is 4.20. The average Bonchev–Trinajstić information content (AvgIpc) is 2.39. The van der Waals surface area contributed by atoms with Gasteiger partial charge in [0, 0.05) is 32.2 Å². The van der Waals surface area contributed by atoms with Gasteiger partial charge in [-0.25, -0.2) is 0 Å². The Hall–Kier alpha value is -0.160. The fraction of sp³-hybridized carbons (Fsp3) is 1.00. The Morgan fingerprint density at radius 1 is 1.22 bits per heavy atom. The Labute approximate surface area is 111 Å². The minimum absolute atomic E-state index is 0.439. The van der Waals surface area contributed by atoms with Crippen molar-refractivity contribution in [2.24, 2.45) is 0 Å². The van der Waals surface area contributed by atoms with Crippen LogP contribution in [-0.4, -0.2) is 61.0 Å². The van der Waals surface area contributed by atoms with E-state index < -0.39 is 5.60 Å². The number of hydrogen-bond acceptors (Lipinski definition) is 4. The Morgan fingerprint density at radius 3 is 2.56 bits per heavy atom. The van der Waals surface area contributed by atoms with Crippen molar-refractivity contribution in [2.75, 3.05) is 39.4 Å². The second kappa shape index (κ2) is 6.85. The van der Waals surface area contributed by atoms with Gasteiger partial charge in [-0.05, 0) is 19.8 Å². The maximum atomic E-state index is 10.4. The Balaban J connectivity index is 1.65. The van der Waals surface area contributed by atoms with E-state index in [2.05, 4.69) is 17.1 Å². The lowest BCUT2D eigenvalue weighted by Gasteiger charge is -2.35. The Kier molecular flexibility index (Phi) is 5.42. The first-order valence-corrected chi connectivity index (χ1v) is 7.44. The topological polar surface area (TPSA) is 44.7 Å². The van der Waals surface area contributed by atoms with E-state index in [9.17, 15) is 5.11 Å². The zero-order valence-corrected chi connectivity index (χ0v) is 11.7. The van der Waals surface area contributed by atoms with Gasteiger partial charge >= 0.3 is 0 Å². The summed E-state index contributed by atoms with van der Waals surface area (Å²) >= 11 is 0. The predicted octanol–water partition coefficient (Wildman–Crippen LogP) is 0.992. The smallest absolute Gasteiger partial charge is 0.0771 e. The minimum Gasteiger partial charge on any atom is -0.389 e. The van der Waals surface area contributed by atoms with Crippen molar-refractivity contribution in [1.82, 2.24) is 10.2 Å². The van der Waals surface area contributed by atoms with Crippen molar-refractivity contribution in [3.05, 3.63) is 0 Å². The third kappa shape index (κ3) is 4.50. The molecular formula is C14H28N2O2. The molecule has 0 aromatic carbocycles. The highest BCUT2D eigenvalue weighted by molar-refractivity contribution is 4.85. The molecule has 1 heterocycles. The first kappa shape index (κ1) is 14.3. The molecule has 1 saturated carbocycles. The molecule has 1 aliphatic carbocycles. The second-order valence-electron chi connectivity index (χ2n) is 5.98. The van der Waals surface area contributed by atoms with E-state index >= 15 is 0 Å². The molecule has 0 radical (unpaired) electrons. The van der Waals surface area contributed by atoms with Gasteiger partial charge in [0.05, 0.1) is 18.8 Å². The molecule has 0 amide bonds. The fourth-order valence-corrected chi connectivity index (χ4v) is 2.99. The van der Waals surface area contributed by atoms with Crippen LogP contribution >= 0.6 is 0 Å². The van der Waals surface area contributed by atoms with E-state index in [1.165, 1.54) is 19.3 Å². The van der Waals surface area contributed by atoms with Crippen LogP contribution < -0.4 is 5.32 Å². The van der Waals surface area contributed by atoms with Crippen LogP contribution in [0, 0.1) is 0 Å². The summed E-state index contributed by atoms with van der Waals surface area (Å²) in [6.45, 7) is 7.81. The van der Waals surface area contributed by atoms with Crippen molar-refractivity contribution in [3.8, 4) is 0 Å². The quantitative estimate of drug-likeness (QED) is 0.770. The van der Waals surface area contributed by atoms with Crippen molar-refractivity contribution in [1.29, 1.82) is 0 Å². The molecule has 0 aromatic heterocycles. The van der Waals surface area contributed by atoms with Crippen LogP contribution in [0.3, 0.4) is 0 Å². The minimum atomic E-state index is -0.447. The van der Waals surface area contributed by atoms with Gasteiger partial charge in [0.25, 0.3) is 0 Å². The highest BCUT2D eigenvalue weighted by atomic mass is 16.5. The molecule has 1 unspecified atom stereocenters. The van der Waals surface area contributed by atoms with Crippen LogP contribution in [0.2, 0.25) is 0 Å². The maximum Gasteiger partial charge on any atom is 0.0771 e. The largest absolute Gasteiger partial charge is 0.389 e. The molecule has 1 saturated heterocycles. The number of hydrogen-bond donors (Lipinski definition) is 2. The molecule has 1 aliphatic heterocycles. The number of rotatable bonds is 5. The van der Waals surface area contributed by atoms with E-state index in [1.807, 2.05) is 0 Å². The molecule has 1 atom stereocenters. The number of nitrogens with one attached hydrogen (secondary N) is 1. The lowest BCUT2D eigenvalue weighted by molar-refractivity contribution is -0.000493. The molecule has 0 spiro atoms. The van der Waals surface area contributed by atoms with Crippen LogP contribution in [0.25, 0.3) is 0 Å². The molecule has 2 aliphatic rings. The molecule has 4 heteroatoms. The highest BCUT2D eigenvalue weighted by Crippen LogP contribution is 2.27. The van der Waals surface area contributed by atoms with E-state index in [-0.39, 0.29) is 0 Å². The van der Waals surface area contributed by atoms with E-state index in [4.69, 9.17) is 4.74 Å². The van der Waals surface area contributed by atoms with Gasteiger partial charge in [-0.15, -0.1) is 0 Å².